The van der Waals surface area contributed by atoms with Gasteiger partial charge in [-0.15, -0.1) is 0 Å². The fourth-order valence-corrected chi connectivity index (χ4v) is 4.51. The van der Waals surface area contributed by atoms with Gasteiger partial charge >= 0.3 is 0 Å². The van der Waals surface area contributed by atoms with Gasteiger partial charge in [0.05, 0.1) is 11.7 Å². The molecule has 0 aliphatic carbocycles. The van der Waals surface area contributed by atoms with Crippen LogP contribution in [0.1, 0.15) is 31.9 Å². The van der Waals surface area contributed by atoms with Crippen LogP contribution in [0.3, 0.4) is 0 Å². The van der Waals surface area contributed by atoms with Gasteiger partial charge in [0.25, 0.3) is 0 Å². The van der Waals surface area contributed by atoms with E-state index in [4.69, 9.17) is 0 Å². The maximum absolute atomic E-state index is 13.0. The molecule has 0 saturated carbocycles. The van der Waals surface area contributed by atoms with E-state index in [1.165, 1.54) is 0 Å². The fraction of sp³-hybridized carbons (Fsp3) is 0.632. The maximum Gasteiger partial charge on any atom is 0.240 e. The van der Waals surface area contributed by atoms with E-state index in [2.05, 4.69) is 15.0 Å². The Morgan fingerprint density at radius 2 is 2.14 bits per heavy atom. The summed E-state index contributed by atoms with van der Waals surface area (Å²) in [5, 5.41) is 2.82. The van der Waals surface area contributed by atoms with Crippen LogP contribution in [-0.2, 0) is 19.6 Å². The summed E-state index contributed by atoms with van der Waals surface area (Å²) in [6.07, 6.45) is 3.70. The number of piperidine rings is 1. The molecule has 10 heteroatoms. The summed E-state index contributed by atoms with van der Waals surface area (Å²) in [5.41, 5.74) is 0.808. The summed E-state index contributed by atoms with van der Waals surface area (Å²) in [6.45, 7) is 4.19. The van der Waals surface area contributed by atoms with Crippen molar-refractivity contribution in [2.75, 3.05) is 36.2 Å². The normalized spacial score (nSPS) is 18.3. The molecule has 0 aromatic carbocycles. The number of likely N-dealkylation sites (tertiary alicyclic amines) is 1. The highest BCUT2D eigenvalue weighted by Crippen LogP contribution is 2.20. The van der Waals surface area contributed by atoms with Gasteiger partial charge in [0.2, 0.25) is 21.8 Å². The topological polar surface area (TPSA) is 108 Å². The minimum atomic E-state index is -3.50. The second kappa shape index (κ2) is 10.9. The molecule has 0 radical (unpaired) electrons. The van der Waals surface area contributed by atoms with Crippen LogP contribution in [0.4, 0.5) is 5.82 Å². The summed E-state index contributed by atoms with van der Waals surface area (Å²) in [4.78, 5) is 31.6. The number of aryl methyl sites for hydroxylation is 1. The van der Waals surface area contributed by atoms with Crippen LogP contribution < -0.4 is 10.0 Å². The van der Waals surface area contributed by atoms with Crippen molar-refractivity contribution in [2.45, 2.75) is 39.2 Å². The molecule has 8 nitrogen and oxygen atoms in total. The van der Waals surface area contributed by atoms with Gasteiger partial charge in [0.15, 0.2) is 0 Å². The van der Waals surface area contributed by atoms with Crippen molar-refractivity contribution < 1.29 is 18.0 Å². The van der Waals surface area contributed by atoms with E-state index in [-0.39, 0.29) is 30.0 Å². The number of carbonyl (C=O) groups is 2. The smallest absolute Gasteiger partial charge is 0.240 e. The van der Waals surface area contributed by atoms with Crippen molar-refractivity contribution in [3.05, 3.63) is 23.9 Å². The number of nitrogens with one attached hydrogen (secondary N) is 2. The first-order valence-electron chi connectivity index (χ1n) is 9.78. The minimum absolute atomic E-state index is 0.0788. The monoisotopic (exact) mass is 442 g/mol. The zero-order valence-corrected chi connectivity index (χ0v) is 18.8. The zero-order valence-electron chi connectivity index (χ0n) is 17.2. The fourth-order valence-electron chi connectivity index (χ4n) is 3.22. The Morgan fingerprint density at radius 1 is 1.38 bits per heavy atom. The SMILES string of the molecule is CCS(=O)(=O)NC(CCSC)C(=O)N1CCCC(C(=O)Nc2cccc(C)n2)C1. The van der Waals surface area contributed by atoms with Gasteiger partial charge in [0, 0.05) is 18.8 Å². The first kappa shape index (κ1) is 23.6. The zero-order chi connectivity index (χ0) is 21.4. The molecule has 0 spiro atoms. The van der Waals surface area contributed by atoms with Crippen molar-refractivity contribution in [1.82, 2.24) is 14.6 Å². The molecule has 2 amide bonds. The lowest BCUT2D eigenvalue weighted by Gasteiger charge is -2.34. The first-order valence-corrected chi connectivity index (χ1v) is 12.8. The molecule has 0 bridgehead atoms. The van der Waals surface area contributed by atoms with Crippen LogP contribution in [0.25, 0.3) is 0 Å². The van der Waals surface area contributed by atoms with Crippen LogP contribution in [-0.4, -0.2) is 67.0 Å². The van der Waals surface area contributed by atoms with Gasteiger partial charge in [-0.25, -0.2) is 18.1 Å². The highest BCUT2D eigenvalue weighted by Gasteiger charge is 2.33. The summed E-state index contributed by atoms with van der Waals surface area (Å²) < 4.78 is 26.5. The largest absolute Gasteiger partial charge is 0.341 e. The quantitative estimate of drug-likeness (QED) is 0.602. The van der Waals surface area contributed by atoms with E-state index >= 15 is 0 Å². The molecule has 1 aromatic rings. The molecule has 29 heavy (non-hydrogen) atoms. The minimum Gasteiger partial charge on any atom is -0.341 e. The first-order chi connectivity index (χ1) is 13.8. The molecule has 1 aromatic heterocycles. The number of thioether (sulfide) groups is 1. The molecule has 2 heterocycles. The number of pyridine rings is 1. The van der Waals surface area contributed by atoms with Gasteiger partial charge in [-0.2, -0.15) is 11.8 Å². The molecule has 1 aliphatic rings. The van der Waals surface area contributed by atoms with Gasteiger partial charge in [-0.3, -0.25) is 9.59 Å². The van der Waals surface area contributed by atoms with Crippen LogP contribution in [0.5, 0.6) is 0 Å². The van der Waals surface area contributed by atoms with Crippen molar-refractivity contribution in [3.8, 4) is 0 Å². The Hall–Kier alpha value is -1.65. The molecule has 2 rings (SSSR count). The highest BCUT2D eigenvalue weighted by atomic mass is 32.2. The summed E-state index contributed by atoms with van der Waals surface area (Å²) in [7, 11) is -3.50. The number of hydrogen-bond acceptors (Lipinski definition) is 6. The van der Waals surface area contributed by atoms with Crippen molar-refractivity contribution in [2.24, 2.45) is 5.92 Å². The number of aromatic nitrogens is 1. The molecule has 1 saturated heterocycles. The number of rotatable bonds is 9. The Morgan fingerprint density at radius 3 is 2.79 bits per heavy atom. The Bertz CT molecular complexity index is 816. The van der Waals surface area contributed by atoms with Crippen molar-refractivity contribution in [1.29, 1.82) is 0 Å². The van der Waals surface area contributed by atoms with Crippen molar-refractivity contribution >= 4 is 39.4 Å². The standard InChI is InChI=1S/C19H30N4O4S2/c1-4-29(26,27)22-16(10-12-28-3)19(25)23-11-6-8-15(13-23)18(24)21-17-9-5-7-14(2)20-17/h5,7,9,15-16,22H,4,6,8,10-13H2,1-3H3,(H,20,21,24). The van der Waals surface area contributed by atoms with E-state index in [0.29, 0.717) is 37.4 Å². The lowest BCUT2D eigenvalue weighted by atomic mass is 9.96. The van der Waals surface area contributed by atoms with E-state index in [1.807, 2.05) is 25.3 Å². The van der Waals surface area contributed by atoms with Gasteiger partial charge in [0.1, 0.15) is 11.9 Å². The van der Waals surface area contributed by atoms with Crippen LogP contribution >= 0.6 is 11.8 Å². The molecular weight excluding hydrogens is 412 g/mol. The molecule has 2 unspecified atom stereocenters. The summed E-state index contributed by atoms with van der Waals surface area (Å²) in [5.74, 6) is 0.299. The maximum atomic E-state index is 13.0. The van der Waals surface area contributed by atoms with Gasteiger partial charge in [-0.1, -0.05) is 6.07 Å². The number of carbonyl (C=O) groups excluding carboxylic acids is 2. The van der Waals surface area contributed by atoms with E-state index < -0.39 is 16.1 Å². The van der Waals surface area contributed by atoms with E-state index in [9.17, 15) is 18.0 Å². The van der Waals surface area contributed by atoms with Crippen LogP contribution in [0.15, 0.2) is 18.2 Å². The molecule has 1 fully saturated rings. The van der Waals surface area contributed by atoms with Crippen molar-refractivity contribution in [3.63, 3.8) is 0 Å². The predicted molar refractivity (Wildman–Crippen MR) is 116 cm³/mol. The Labute approximate surface area is 177 Å². The van der Waals surface area contributed by atoms with Gasteiger partial charge < -0.3 is 10.2 Å². The average molecular weight is 443 g/mol. The third-order valence-corrected chi connectivity index (χ3v) is 6.90. The van der Waals surface area contributed by atoms with Crippen LogP contribution in [0.2, 0.25) is 0 Å². The number of nitrogens with zero attached hydrogens (tertiary/aromatic N) is 2. The third-order valence-electron chi connectivity index (χ3n) is 4.85. The number of sulfonamides is 1. The predicted octanol–water partition coefficient (Wildman–Crippen LogP) is 1.63. The number of amides is 2. The summed E-state index contributed by atoms with van der Waals surface area (Å²) >= 11 is 1.56. The van der Waals surface area contributed by atoms with Gasteiger partial charge in [-0.05, 0) is 57.3 Å². The molecule has 1 aliphatic heterocycles. The average Bonchev–Trinajstić information content (AvgIpc) is 2.70. The van der Waals surface area contributed by atoms with E-state index in [1.54, 1.807) is 29.7 Å². The number of hydrogen-bond donors (Lipinski definition) is 2. The third kappa shape index (κ3) is 7.27. The Balaban J connectivity index is 2.04. The molecule has 2 N–H and O–H groups in total. The molecular formula is C19H30N4O4S2. The molecule has 2 atom stereocenters. The Kier molecular flexibility index (Phi) is 8.91. The lowest BCUT2D eigenvalue weighted by Crippen LogP contribution is -2.52. The second-order valence-electron chi connectivity index (χ2n) is 7.13. The second-order valence-corrected chi connectivity index (χ2v) is 10.2. The number of anilines is 1. The van der Waals surface area contributed by atoms with E-state index in [0.717, 1.165) is 5.69 Å². The highest BCUT2D eigenvalue weighted by molar-refractivity contribution is 7.98. The summed E-state index contributed by atoms with van der Waals surface area (Å²) in [6, 6.07) is 4.61. The van der Waals surface area contributed by atoms with Crippen LogP contribution in [0, 0.1) is 12.8 Å². The molecule has 162 valence electrons. The lowest BCUT2D eigenvalue weighted by molar-refractivity contribution is -0.136.